The molecule has 0 unspecified atom stereocenters. The lowest BCUT2D eigenvalue weighted by Crippen LogP contribution is -2.32. The van der Waals surface area contributed by atoms with Gasteiger partial charge in [-0.05, 0) is 0 Å². The van der Waals surface area contributed by atoms with Crippen molar-refractivity contribution in [1.82, 2.24) is 0 Å². The first kappa shape index (κ1) is 10.0. The molecule has 7 heteroatoms. The maximum absolute atomic E-state index is 10.9. The highest BCUT2D eigenvalue weighted by molar-refractivity contribution is 7.48. The molecule has 0 aliphatic rings. The van der Waals surface area contributed by atoms with Gasteiger partial charge in [-0.1, -0.05) is 0 Å². The Hall–Kier alpha value is 0.0300. The fourth-order valence-corrected chi connectivity index (χ4v) is 0.929. The van der Waals surface area contributed by atoms with E-state index < -0.39 is 14.2 Å². The molecule has 0 aromatic rings. The monoisotopic (exact) mass is 170 g/mol. The second-order valence-corrected chi connectivity index (χ2v) is 3.22. The maximum Gasteiger partial charge on any atom is 0.476 e. The SMILES string of the molecule is COP(=O)(OC)OC(N)N. The van der Waals surface area contributed by atoms with E-state index in [-0.39, 0.29) is 0 Å². The average molecular weight is 170 g/mol. The minimum absolute atomic E-state index is 1.16. The van der Waals surface area contributed by atoms with Crippen LogP contribution < -0.4 is 11.5 Å². The van der Waals surface area contributed by atoms with Gasteiger partial charge in [-0.2, -0.15) is 0 Å². The molecule has 0 aromatic carbocycles. The van der Waals surface area contributed by atoms with Crippen molar-refractivity contribution < 1.29 is 18.1 Å². The van der Waals surface area contributed by atoms with Crippen LogP contribution in [0.4, 0.5) is 0 Å². The summed E-state index contributed by atoms with van der Waals surface area (Å²) in [5.74, 6) is 0. The first-order valence-corrected chi connectivity index (χ1v) is 3.91. The van der Waals surface area contributed by atoms with Gasteiger partial charge in [-0.15, -0.1) is 0 Å². The number of phosphoric acid groups is 1. The molecular formula is C3H11N2O4P. The lowest BCUT2D eigenvalue weighted by atomic mass is 11.1. The molecule has 0 radical (unpaired) electrons. The van der Waals surface area contributed by atoms with Crippen molar-refractivity contribution in [2.75, 3.05) is 14.2 Å². The van der Waals surface area contributed by atoms with Gasteiger partial charge in [0, 0.05) is 14.2 Å². The highest BCUT2D eigenvalue weighted by Crippen LogP contribution is 2.47. The van der Waals surface area contributed by atoms with Gasteiger partial charge >= 0.3 is 7.82 Å². The third-order valence-electron chi connectivity index (χ3n) is 0.698. The molecule has 4 N–H and O–H groups in total. The van der Waals surface area contributed by atoms with E-state index in [0.717, 1.165) is 0 Å². The summed E-state index contributed by atoms with van der Waals surface area (Å²) in [4.78, 5) is 0. The van der Waals surface area contributed by atoms with E-state index in [1.54, 1.807) is 0 Å². The van der Waals surface area contributed by atoms with Crippen LogP contribution in [0.1, 0.15) is 0 Å². The number of phosphoric ester groups is 1. The van der Waals surface area contributed by atoms with Crippen LogP contribution in [0.5, 0.6) is 0 Å². The largest absolute Gasteiger partial charge is 0.476 e. The topological polar surface area (TPSA) is 96.8 Å². The van der Waals surface area contributed by atoms with Gasteiger partial charge in [0.05, 0.1) is 0 Å². The minimum atomic E-state index is -3.49. The highest BCUT2D eigenvalue weighted by atomic mass is 31.2. The van der Waals surface area contributed by atoms with Gasteiger partial charge < -0.3 is 0 Å². The molecule has 0 amide bonds. The predicted octanol–water partition coefficient (Wildman–Crippen LogP) is -0.395. The molecule has 0 aliphatic carbocycles. The Bertz CT molecular complexity index is 130. The van der Waals surface area contributed by atoms with E-state index in [0.29, 0.717) is 0 Å². The quantitative estimate of drug-likeness (QED) is 0.440. The second kappa shape index (κ2) is 4.02. The third-order valence-corrected chi connectivity index (χ3v) is 2.09. The van der Waals surface area contributed by atoms with Crippen molar-refractivity contribution in [3.63, 3.8) is 0 Å². The van der Waals surface area contributed by atoms with Crippen LogP contribution >= 0.6 is 7.82 Å². The molecular weight excluding hydrogens is 159 g/mol. The van der Waals surface area contributed by atoms with Gasteiger partial charge in [0.15, 0.2) is 6.35 Å². The first-order chi connectivity index (χ1) is 4.54. The molecule has 0 saturated carbocycles. The average Bonchev–Trinajstić information content (AvgIpc) is 1.87. The van der Waals surface area contributed by atoms with E-state index >= 15 is 0 Å². The summed E-state index contributed by atoms with van der Waals surface area (Å²) >= 11 is 0. The van der Waals surface area contributed by atoms with E-state index in [2.05, 4.69) is 13.6 Å². The van der Waals surface area contributed by atoms with Gasteiger partial charge in [0.2, 0.25) is 0 Å². The second-order valence-electron chi connectivity index (χ2n) is 1.38. The lowest BCUT2D eigenvalue weighted by molar-refractivity contribution is 0.111. The molecule has 0 atom stereocenters. The summed E-state index contributed by atoms with van der Waals surface area (Å²) in [7, 11) is -1.14. The Morgan fingerprint density at radius 2 is 1.70 bits per heavy atom. The number of hydrogen-bond donors (Lipinski definition) is 2. The Kier molecular flexibility index (Phi) is 4.04. The fourth-order valence-electron chi connectivity index (χ4n) is 0.310. The highest BCUT2D eigenvalue weighted by Gasteiger charge is 2.24. The number of rotatable bonds is 4. The van der Waals surface area contributed by atoms with Gasteiger partial charge in [-0.3, -0.25) is 25.0 Å². The molecule has 0 saturated heterocycles. The van der Waals surface area contributed by atoms with Crippen molar-refractivity contribution in [2.45, 2.75) is 6.35 Å². The zero-order valence-electron chi connectivity index (χ0n) is 5.81. The molecule has 6 nitrogen and oxygen atoms in total. The molecule has 62 valence electrons. The van der Waals surface area contributed by atoms with Crippen LogP contribution in [-0.4, -0.2) is 20.6 Å². The Labute approximate surface area is 59.0 Å². The Morgan fingerprint density at radius 3 is 1.80 bits per heavy atom. The lowest BCUT2D eigenvalue weighted by Gasteiger charge is -2.14. The van der Waals surface area contributed by atoms with Crippen molar-refractivity contribution in [3.05, 3.63) is 0 Å². The zero-order valence-corrected chi connectivity index (χ0v) is 6.71. The molecule has 10 heavy (non-hydrogen) atoms. The van der Waals surface area contributed by atoms with Crippen LogP contribution in [0.25, 0.3) is 0 Å². The summed E-state index contributed by atoms with van der Waals surface area (Å²) in [5.41, 5.74) is 9.91. The van der Waals surface area contributed by atoms with Gasteiger partial charge in [0.25, 0.3) is 0 Å². The molecule has 0 rings (SSSR count). The standard InChI is InChI=1S/C3H11N2O4P/c1-7-10(6,8-2)9-3(4)5/h3H,4-5H2,1-2H3. The summed E-state index contributed by atoms with van der Waals surface area (Å²) in [6, 6.07) is 0. The van der Waals surface area contributed by atoms with E-state index in [1.165, 1.54) is 14.2 Å². The summed E-state index contributed by atoms with van der Waals surface area (Å²) in [6.45, 7) is 0. The normalized spacial score (nSPS) is 12.5. The summed E-state index contributed by atoms with van der Waals surface area (Å²) in [5, 5.41) is 0. The minimum Gasteiger partial charge on any atom is -0.293 e. The van der Waals surface area contributed by atoms with Crippen LogP contribution in [0.3, 0.4) is 0 Å². The van der Waals surface area contributed by atoms with Crippen molar-refractivity contribution in [3.8, 4) is 0 Å². The zero-order chi connectivity index (χ0) is 8.20. The van der Waals surface area contributed by atoms with Crippen LogP contribution in [0.15, 0.2) is 0 Å². The predicted molar refractivity (Wildman–Crippen MR) is 34.9 cm³/mol. The number of hydrogen-bond acceptors (Lipinski definition) is 6. The molecule has 0 aliphatic heterocycles. The molecule has 0 fully saturated rings. The molecule has 0 bridgehead atoms. The van der Waals surface area contributed by atoms with E-state index in [4.69, 9.17) is 11.5 Å². The van der Waals surface area contributed by atoms with Gasteiger partial charge in [-0.25, -0.2) is 4.57 Å². The summed E-state index contributed by atoms with van der Waals surface area (Å²) in [6.07, 6.45) is -1.16. The fraction of sp³-hybridized carbons (Fsp3) is 1.00. The smallest absolute Gasteiger partial charge is 0.293 e. The van der Waals surface area contributed by atoms with Crippen molar-refractivity contribution >= 4 is 7.82 Å². The van der Waals surface area contributed by atoms with E-state index in [9.17, 15) is 4.57 Å². The van der Waals surface area contributed by atoms with Crippen LogP contribution in [0.2, 0.25) is 0 Å². The molecule has 0 aromatic heterocycles. The number of nitrogens with two attached hydrogens (primary N) is 2. The molecule has 0 spiro atoms. The van der Waals surface area contributed by atoms with Crippen molar-refractivity contribution in [1.29, 1.82) is 0 Å². The molecule has 0 heterocycles. The summed E-state index contributed by atoms with van der Waals surface area (Å²) < 4.78 is 24.0. The third kappa shape index (κ3) is 3.26. The van der Waals surface area contributed by atoms with E-state index in [1.807, 2.05) is 0 Å². The van der Waals surface area contributed by atoms with Gasteiger partial charge in [0.1, 0.15) is 0 Å². The van der Waals surface area contributed by atoms with Crippen LogP contribution in [0, 0.1) is 0 Å². The Balaban J connectivity index is 3.94. The first-order valence-electron chi connectivity index (χ1n) is 2.45. The van der Waals surface area contributed by atoms with Crippen molar-refractivity contribution in [2.24, 2.45) is 11.5 Å². The Morgan fingerprint density at radius 1 is 1.30 bits per heavy atom. The maximum atomic E-state index is 10.9. The van der Waals surface area contributed by atoms with Crippen LogP contribution in [-0.2, 0) is 18.1 Å².